The van der Waals surface area contributed by atoms with Gasteiger partial charge in [0.05, 0.1) is 17.4 Å². The van der Waals surface area contributed by atoms with Crippen molar-refractivity contribution in [3.8, 4) is 22.4 Å². The Labute approximate surface area is 218 Å². The van der Waals surface area contributed by atoms with Crippen LogP contribution in [0, 0.1) is 0 Å². The summed E-state index contributed by atoms with van der Waals surface area (Å²) in [5, 5.41) is 8.70. The number of nitrogens with zero attached hydrogens (tertiary/aromatic N) is 3. The number of benzene rings is 2. The molecule has 2 heterocycles. The second-order valence-electron chi connectivity index (χ2n) is 12.2. The monoisotopic (exact) mass is 525 g/mol. The van der Waals surface area contributed by atoms with Crippen LogP contribution in [-0.4, -0.2) is 48.0 Å². The van der Waals surface area contributed by atoms with E-state index in [2.05, 4.69) is 29.8 Å². The van der Waals surface area contributed by atoms with Gasteiger partial charge in [-0.2, -0.15) is 23.8 Å². The number of alkyl halides is 2. The first-order chi connectivity index (χ1) is 17.2. The highest BCUT2D eigenvalue weighted by atomic mass is 28.3. The van der Waals surface area contributed by atoms with E-state index in [4.69, 9.17) is 14.0 Å². The van der Waals surface area contributed by atoms with Crippen molar-refractivity contribution in [2.45, 2.75) is 77.2 Å². The fraction of sp³-hybridized carbons (Fsp3) is 0.481. The van der Waals surface area contributed by atoms with Gasteiger partial charge in [-0.3, -0.25) is 0 Å². The van der Waals surface area contributed by atoms with Crippen LogP contribution < -0.4 is 5.46 Å². The fourth-order valence-electron chi connectivity index (χ4n) is 4.54. The summed E-state index contributed by atoms with van der Waals surface area (Å²) < 4.78 is 49.4. The van der Waals surface area contributed by atoms with Crippen LogP contribution in [-0.2, 0) is 26.7 Å². The molecule has 1 aromatic heterocycles. The van der Waals surface area contributed by atoms with E-state index in [9.17, 15) is 0 Å². The quantitative estimate of drug-likeness (QED) is 0.294. The normalized spacial score (nSPS) is 19.2. The maximum atomic E-state index is 15.8. The highest BCUT2D eigenvalue weighted by molar-refractivity contribution is 6.76. The summed E-state index contributed by atoms with van der Waals surface area (Å²) in [6.07, 6.45) is 1.58. The van der Waals surface area contributed by atoms with Crippen LogP contribution in [0.4, 0.5) is 8.78 Å². The van der Waals surface area contributed by atoms with Crippen molar-refractivity contribution in [2.24, 2.45) is 0 Å². The first kappa shape index (κ1) is 26.2. The number of hydrogen-bond acceptors (Lipinski definition) is 5. The van der Waals surface area contributed by atoms with Gasteiger partial charge in [0.1, 0.15) is 5.69 Å². The molecule has 3 aromatic rings. The van der Waals surface area contributed by atoms with Crippen LogP contribution in [0.5, 0.6) is 0 Å². The van der Waals surface area contributed by atoms with Gasteiger partial charge < -0.3 is 14.0 Å². The zero-order valence-corrected chi connectivity index (χ0v) is 23.6. The number of rotatable bonds is 7. The van der Waals surface area contributed by atoms with Crippen molar-refractivity contribution in [1.82, 2.24) is 15.0 Å². The summed E-state index contributed by atoms with van der Waals surface area (Å²) in [5.74, 6) is -3.16. The lowest BCUT2D eigenvalue weighted by Crippen LogP contribution is -2.41. The average molecular weight is 525 g/mol. The molecule has 0 unspecified atom stereocenters. The molecular weight excluding hydrogens is 491 g/mol. The van der Waals surface area contributed by atoms with Gasteiger partial charge >= 0.3 is 7.12 Å². The predicted molar refractivity (Wildman–Crippen MR) is 144 cm³/mol. The molecule has 0 spiro atoms. The molecule has 1 saturated heterocycles. The van der Waals surface area contributed by atoms with Crippen LogP contribution in [0.15, 0.2) is 42.6 Å². The number of aromatic nitrogens is 3. The lowest BCUT2D eigenvalue weighted by molar-refractivity contribution is 0.00578. The summed E-state index contributed by atoms with van der Waals surface area (Å²) in [4.78, 5) is 1.45. The molecule has 0 bridgehead atoms. The van der Waals surface area contributed by atoms with Crippen molar-refractivity contribution in [2.75, 3.05) is 6.61 Å². The van der Waals surface area contributed by atoms with Crippen LogP contribution in [0.1, 0.15) is 38.8 Å². The lowest BCUT2D eigenvalue weighted by Gasteiger charge is -2.32. The largest absolute Gasteiger partial charge is 0.494 e. The first-order valence-corrected chi connectivity index (χ1v) is 16.4. The number of hydrogen-bond donors (Lipinski definition) is 0. The minimum absolute atomic E-state index is 0.0352. The molecule has 5 rings (SSSR count). The third kappa shape index (κ3) is 4.80. The van der Waals surface area contributed by atoms with Crippen molar-refractivity contribution in [1.29, 1.82) is 0 Å². The second kappa shape index (κ2) is 8.83. The Bertz CT molecular complexity index is 1320. The maximum absolute atomic E-state index is 15.8. The van der Waals surface area contributed by atoms with Gasteiger partial charge in [0.15, 0.2) is 6.73 Å². The van der Waals surface area contributed by atoms with Gasteiger partial charge in [-0.1, -0.05) is 50.0 Å². The summed E-state index contributed by atoms with van der Waals surface area (Å²) in [6.45, 7) is 15.6. The summed E-state index contributed by atoms with van der Waals surface area (Å²) in [5.41, 5.74) is 1.58. The Morgan fingerprint density at radius 1 is 0.946 bits per heavy atom. The highest BCUT2D eigenvalue weighted by Crippen LogP contribution is 2.51. The molecule has 0 saturated carbocycles. The third-order valence-corrected chi connectivity index (χ3v) is 9.29. The van der Waals surface area contributed by atoms with E-state index in [1.807, 2.05) is 39.8 Å². The van der Waals surface area contributed by atoms with Crippen LogP contribution in [0.2, 0.25) is 25.7 Å². The number of ether oxygens (including phenoxy) is 1. The van der Waals surface area contributed by atoms with E-state index in [0.29, 0.717) is 34.5 Å². The molecule has 0 radical (unpaired) electrons. The predicted octanol–water partition coefficient (Wildman–Crippen LogP) is 5.68. The van der Waals surface area contributed by atoms with Crippen LogP contribution in [0.25, 0.3) is 22.4 Å². The number of halogens is 2. The minimum Gasteiger partial charge on any atom is -0.399 e. The van der Waals surface area contributed by atoms with E-state index >= 15 is 8.78 Å². The standard InChI is InChI=1S/C27H34BF2N3O3Si/c1-25(2)26(3,4)36-28(35-25)19-9-11-21-20-10-8-18(14-22(20)27(29,30)23(21)15-19)24-16-31-33(32-24)17-34-12-13-37(5,6)7/h8-11,14-16H,12-13,17H2,1-7H3. The molecule has 0 amide bonds. The molecule has 1 fully saturated rings. The second-order valence-corrected chi connectivity index (χ2v) is 17.8. The summed E-state index contributed by atoms with van der Waals surface area (Å²) in [6, 6.07) is 11.2. The van der Waals surface area contributed by atoms with E-state index < -0.39 is 32.3 Å². The van der Waals surface area contributed by atoms with Gasteiger partial charge in [0.25, 0.3) is 5.92 Å². The summed E-state index contributed by atoms with van der Waals surface area (Å²) >= 11 is 0. The molecule has 0 atom stereocenters. The zero-order chi connectivity index (χ0) is 26.8. The van der Waals surface area contributed by atoms with Crippen molar-refractivity contribution in [3.05, 3.63) is 53.7 Å². The topological polar surface area (TPSA) is 58.4 Å². The molecule has 6 nitrogen and oxygen atoms in total. The Morgan fingerprint density at radius 2 is 1.57 bits per heavy atom. The van der Waals surface area contributed by atoms with Gasteiger partial charge in [0.2, 0.25) is 0 Å². The fourth-order valence-corrected chi connectivity index (χ4v) is 5.30. The molecule has 2 aromatic carbocycles. The molecular formula is C27H34BF2N3O3Si. The van der Waals surface area contributed by atoms with Crippen molar-refractivity contribution in [3.63, 3.8) is 0 Å². The Hall–Kier alpha value is -2.40. The Kier molecular flexibility index (Phi) is 6.26. The minimum atomic E-state index is -3.16. The average Bonchev–Trinajstić information content (AvgIpc) is 3.42. The number of fused-ring (bicyclic) bond motifs is 3. The van der Waals surface area contributed by atoms with Gasteiger partial charge in [0, 0.05) is 31.4 Å². The van der Waals surface area contributed by atoms with Crippen LogP contribution in [0.3, 0.4) is 0 Å². The SMILES string of the molecule is CC1(C)OB(c2ccc3c(c2)C(F)(F)c2cc(-c4cnn(COCC[Si](C)(C)C)n4)ccc2-3)OC1(C)C. The smallest absolute Gasteiger partial charge is 0.399 e. The highest BCUT2D eigenvalue weighted by Gasteiger charge is 2.52. The molecule has 10 heteroatoms. The van der Waals surface area contributed by atoms with Crippen LogP contribution >= 0.6 is 0 Å². The Balaban J connectivity index is 1.37. The molecule has 196 valence electrons. The molecule has 37 heavy (non-hydrogen) atoms. The van der Waals surface area contributed by atoms with E-state index in [1.165, 1.54) is 16.9 Å². The van der Waals surface area contributed by atoms with Gasteiger partial charge in [-0.05, 0) is 56.4 Å². The molecule has 1 aliphatic carbocycles. The van der Waals surface area contributed by atoms with E-state index in [-0.39, 0.29) is 17.9 Å². The van der Waals surface area contributed by atoms with Crippen molar-refractivity contribution < 1.29 is 22.8 Å². The van der Waals surface area contributed by atoms with Gasteiger partial charge in [-0.25, -0.2) is 0 Å². The molecule has 2 aliphatic rings. The zero-order valence-electron chi connectivity index (χ0n) is 22.6. The maximum Gasteiger partial charge on any atom is 0.494 e. The lowest BCUT2D eigenvalue weighted by atomic mass is 9.77. The Morgan fingerprint density at radius 3 is 2.22 bits per heavy atom. The molecule has 0 N–H and O–H groups in total. The molecule has 1 aliphatic heterocycles. The first-order valence-electron chi connectivity index (χ1n) is 12.7. The van der Waals surface area contributed by atoms with E-state index in [0.717, 1.165) is 6.04 Å². The third-order valence-electron chi connectivity index (χ3n) is 7.59. The van der Waals surface area contributed by atoms with Crippen molar-refractivity contribution >= 4 is 20.7 Å². The summed E-state index contributed by atoms with van der Waals surface area (Å²) in [7, 11) is -1.88. The van der Waals surface area contributed by atoms with E-state index in [1.54, 1.807) is 18.3 Å². The van der Waals surface area contributed by atoms with Gasteiger partial charge in [-0.15, -0.1) is 0 Å².